The molecular formula is C12H15NO2. The Bertz CT molecular complexity index is 389. The molecule has 2 rings (SSSR count). The van der Waals surface area contributed by atoms with Crippen molar-refractivity contribution in [1.82, 2.24) is 0 Å². The molecule has 1 aromatic rings. The number of carbonyl (C=O) groups excluding carboxylic acids is 1. The first-order valence-corrected chi connectivity index (χ1v) is 5.18. The van der Waals surface area contributed by atoms with Gasteiger partial charge in [-0.05, 0) is 12.5 Å². The maximum Gasteiger partial charge on any atom is 0.133 e. The average Bonchev–Trinajstić information content (AvgIpc) is 2.62. The van der Waals surface area contributed by atoms with Crippen molar-refractivity contribution < 1.29 is 9.90 Å². The molecule has 1 aliphatic carbocycles. The van der Waals surface area contributed by atoms with Gasteiger partial charge in [0.1, 0.15) is 11.5 Å². The largest absolute Gasteiger partial charge is 0.508 e. The molecule has 1 saturated carbocycles. The van der Waals surface area contributed by atoms with Crippen LogP contribution in [0.5, 0.6) is 5.75 Å². The third kappa shape index (κ3) is 1.63. The molecule has 1 aromatic carbocycles. The van der Waals surface area contributed by atoms with Crippen molar-refractivity contribution in [3.63, 3.8) is 0 Å². The molecule has 1 atom stereocenters. The number of para-hydroxylation sites is 1. The number of carbonyl (C=O) groups is 1. The number of phenolic OH excluding ortho intramolecular Hbond substituents is 1. The lowest BCUT2D eigenvalue weighted by molar-refractivity contribution is -0.117. The molecule has 1 unspecified atom stereocenters. The Morgan fingerprint density at radius 3 is 2.67 bits per heavy atom. The molecule has 1 aliphatic rings. The zero-order valence-corrected chi connectivity index (χ0v) is 8.57. The highest BCUT2D eigenvalue weighted by molar-refractivity contribution is 5.83. The van der Waals surface area contributed by atoms with E-state index in [2.05, 4.69) is 0 Å². The number of benzene rings is 1. The summed E-state index contributed by atoms with van der Waals surface area (Å²) in [5.41, 5.74) is 6.26. The Morgan fingerprint density at radius 1 is 1.40 bits per heavy atom. The van der Waals surface area contributed by atoms with Gasteiger partial charge in [0.2, 0.25) is 0 Å². The van der Waals surface area contributed by atoms with Crippen molar-refractivity contribution >= 4 is 5.78 Å². The van der Waals surface area contributed by atoms with E-state index in [9.17, 15) is 9.90 Å². The van der Waals surface area contributed by atoms with E-state index >= 15 is 0 Å². The fourth-order valence-electron chi connectivity index (χ4n) is 2.37. The van der Waals surface area contributed by atoms with Gasteiger partial charge in [0, 0.05) is 30.4 Å². The Morgan fingerprint density at radius 2 is 2.13 bits per heavy atom. The minimum Gasteiger partial charge on any atom is -0.508 e. The second-order valence-electron chi connectivity index (χ2n) is 4.22. The predicted molar refractivity (Wildman–Crippen MR) is 57.7 cm³/mol. The zero-order chi connectivity index (χ0) is 10.9. The number of hydrogen-bond donors (Lipinski definition) is 2. The first kappa shape index (κ1) is 10.2. The molecule has 0 saturated heterocycles. The van der Waals surface area contributed by atoms with Crippen LogP contribution in [0.3, 0.4) is 0 Å². The minimum absolute atomic E-state index is 0.240. The number of aromatic hydroxyl groups is 1. The van der Waals surface area contributed by atoms with Gasteiger partial charge in [-0.25, -0.2) is 0 Å². The lowest BCUT2D eigenvalue weighted by atomic mass is 9.78. The van der Waals surface area contributed by atoms with Crippen LogP contribution in [0.25, 0.3) is 0 Å². The van der Waals surface area contributed by atoms with Gasteiger partial charge in [-0.15, -0.1) is 0 Å². The van der Waals surface area contributed by atoms with Crippen molar-refractivity contribution in [1.29, 1.82) is 0 Å². The summed E-state index contributed by atoms with van der Waals surface area (Å²) in [7, 11) is 0. The van der Waals surface area contributed by atoms with Gasteiger partial charge in [-0.1, -0.05) is 18.2 Å². The second-order valence-corrected chi connectivity index (χ2v) is 4.22. The number of hydrogen-bond acceptors (Lipinski definition) is 3. The van der Waals surface area contributed by atoms with E-state index in [0.717, 1.165) is 12.0 Å². The minimum atomic E-state index is -0.331. The van der Waals surface area contributed by atoms with E-state index < -0.39 is 0 Å². The molecule has 15 heavy (non-hydrogen) atoms. The highest BCUT2D eigenvalue weighted by Crippen LogP contribution is 2.41. The predicted octanol–water partition coefficient (Wildman–Crippen LogP) is 1.34. The quantitative estimate of drug-likeness (QED) is 0.765. The fourth-order valence-corrected chi connectivity index (χ4v) is 2.37. The van der Waals surface area contributed by atoms with Gasteiger partial charge >= 0.3 is 0 Å². The third-order valence-corrected chi connectivity index (χ3v) is 3.28. The topological polar surface area (TPSA) is 63.3 Å². The highest BCUT2D eigenvalue weighted by atomic mass is 16.3. The van der Waals surface area contributed by atoms with Crippen LogP contribution in [0.4, 0.5) is 0 Å². The monoisotopic (exact) mass is 205 g/mol. The fraction of sp³-hybridized carbons (Fsp3) is 0.417. The Balaban J connectivity index is 2.43. The summed E-state index contributed by atoms with van der Waals surface area (Å²) < 4.78 is 0. The Hall–Kier alpha value is -1.35. The van der Waals surface area contributed by atoms with Crippen LogP contribution < -0.4 is 5.73 Å². The molecule has 0 amide bonds. The van der Waals surface area contributed by atoms with E-state index in [-0.39, 0.29) is 16.9 Å². The molecule has 3 nitrogen and oxygen atoms in total. The normalized spacial score (nSPS) is 25.8. The summed E-state index contributed by atoms with van der Waals surface area (Å²) in [6.45, 7) is 0.413. The van der Waals surface area contributed by atoms with Gasteiger partial charge < -0.3 is 10.8 Å². The summed E-state index contributed by atoms with van der Waals surface area (Å²) >= 11 is 0. The van der Waals surface area contributed by atoms with Crippen LogP contribution in [0, 0.1) is 0 Å². The lowest BCUT2D eigenvalue weighted by Crippen LogP contribution is -2.32. The number of Topliss-reactive ketones (excluding diaryl/α,β-unsaturated/α-hetero) is 1. The molecule has 80 valence electrons. The van der Waals surface area contributed by atoms with Crippen molar-refractivity contribution in [2.45, 2.75) is 24.7 Å². The van der Waals surface area contributed by atoms with Crippen LogP contribution in [-0.2, 0) is 10.2 Å². The molecule has 0 bridgehead atoms. The van der Waals surface area contributed by atoms with Crippen LogP contribution in [-0.4, -0.2) is 17.4 Å². The molecule has 0 aromatic heterocycles. The van der Waals surface area contributed by atoms with Gasteiger partial charge in [0.25, 0.3) is 0 Å². The van der Waals surface area contributed by atoms with Gasteiger partial charge in [0.05, 0.1) is 0 Å². The Labute approximate surface area is 88.9 Å². The maximum absolute atomic E-state index is 11.4. The molecule has 3 N–H and O–H groups in total. The molecule has 3 heteroatoms. The summed E-state index contributed by atoms with van der Waals surface area (Å²) in [5, 5.41) is 9.79. The van der Waals surface area contributed by atoms with Crippen molar-refractivity contribution in [2.75, 3.05) is 6.54 Å². The third-order valence-electron chi connectivity index (χ3n) is 3.28. The summed E-state index contributed by atoms with van der Waals surface area (Å²) in [6.07, 6.45) is 1.78. The summed E-state index contributed by atoms with van der Waals surface area (Å²) in [6, 6.07) is 7.16. The van der Waals surface area contributed by atoms with E-state index in [4.69, 9.17) is 5.73 Å². The lowest BCUT2D eigenvalue weighted by Gasteiger charge is -2.27. The van der Waals surface area contributed by atoms with E-state index in [1.165, 1.54) is 0 Å². The first-order valence-electron chi connectivity index (χ1n) is 5.18. The maximum atomic E-state index is 11.4. The smallest absolute Gasteiger partial charge is 0.133 e. The molecule has 0 heterocycles. The number of rotatable bonds is 2. The molecule has 1 fully saturated rings. The summed E-state index contributed by atoms with van der Waals surface area (Å²) in [4.78, 5) is 11.4. The van der Waals surface area contributed by atoms with E-state index in [1.807, 2.05) is 12.1 Å². The van der Waals surface area contributed by atoms with Gasteiger partial charge in [0.15, 0.2) is 0 Å². The van der Waals surface area contributed by atoms with Crippen LogP contribution >= 0.6 is 0 Å². The molecule has 0 radical (unpaired) electrons. The SMILES string of the molecule is NCC1(c2ccccc2O)CCC(=O)C1. The molecular weight excluding hydrogens is 190 g/mol. The van der Waals surface area contributed by atoms with Crippen molar-refractivity contribution in [2.24, 2.45) is 5.73 Å². The van der Waals surface area contributed by atoms with Crippen LogP contribution in [0.1, 0.15) is 24.8 Å². The highest BCUT2D eigenvalue weighted by Gasteiger charge is 2.40. The van der Waals surface area contributed by atoms with Crippen LogP contribution in [0.2, 0.25) is 0 Å². The van der Waals surface area contributed by atoms with Crippen molar-refractivity contribution in [3.8, 4) is 5.75 Å². The van der Waals surface area contributed by atoms with Crippen molar-refractivity contribution in [3.05, 3.63) is 29.8 Å². The Kier molecular flexibility index (Phi) is 2.49. The molecule has 0 spiro atoms. The van der Waals surface area contributed by atoms with Crippen LogP contribution in [0.15, 0.2) is 24.3 Å². The first-order chi connectivity index (χ1) is 7.18. The second kappa shape index (κ2) is 3.66. The number of ketones is 1. The zero-order valence-electron chi connectivity index (χ0n) is 8.57. The van der Waals surface area contributed by atoms with E-state index in [1.54, 1.807) is 12.1 Å². The average molecular weight is 205 g/mol. The van der Waals surface area contributed by atoms with E-state index in [0.29, 0.717) is 19.4 Å². The number of phenols is 1. The number of nitrogens with two attached hydrogens (primary N) is 1. The van der Waals surface area contributed by atoms with Gasteiger partial charge in [-0.3, -0.25) is 4.79 Å². The summed E-state index contributed by atoms with van der Waals surface area (Å²) in [5.74, 6) is 0.487. The molecule has 0 aliphatic heterocycles. The standard InChI is InChI=1S/C12H15NO2/c13-8-12(6-5-9(14)7-12)10-3-1-2-4-11(10)15/h1-4,15H,5-8,13H2. The van der Waals surface area contributed by atoms with Gasteiger partial charge in [-0.2, -0.15) is 0 Å².